The van der Waals surface area contributed by atoms with Crippen LogP contribution in [0, 0.1) is 19.7 Å². The molecule has 5 heteroatoms. The molecule has 0 bridgehead atoms. The molecule has 0 atom stereocenters. The summed E-state index contributed by atoms with van der Waals surface area (Å²) in [5.41, 5.74) is 3.50. The Labute approximate surface area is 154 Å². The number of hydrogen-bond donors (Lipinski definition) is 1. The third kappa shape index (κ3) is 5.41. The van der Waals surface area contributed by atoms with Gasteiger partial charge in [0.2, 0.25) is 11.8 Å². The van der Waals surface area contributed by atoms with Crippen molar-refractivity contribution in [2.45, 2.75) is 33.6 Å². The van der Waals surface area contributed by atoms with Crippen LogP contribution in [0.15, 0.2) is 42.5 Å². The Morgan fingerprint density at radius 2 is 1.77 bits per heavy atom. The van der Waals surface area contributed by atoms with Crippen molar-refractivity contribution < 1.29 is 14.0 Å². The van der Waals surface area contributed by atoms with Gasteiger partial charge < -0.3 is 10.2 Å². The van der Waals surface area contributed by atoms with Gasteiger partial charge in [-0.15, -0.1) is 0 Å². The molecule has 2 amide bonds. The summed E-state index contributed by atoms with van der Waals surface area (Å²) < 4.78 is 13.7. The van der Waals surface area contributed by atoms with E-state index in [1.807, 2.05) is 32.0 Å². The Kier molecular flexibility index (Phi) is 6.89. The van der Waals surface area contributed by atoms with Crippen LogP contribution >= 0.6 is 0 Å². The first-order valence-corrected chi connectivity index (χ1v) is 8.73. The highest BCUT2D eigenvalue weighted by Crippen LogP contribution is 2.18. The third-order valence-corrected chi connectivity index (χ3v) is 4.54. The molecule has 4 nitrogen and oxygen atoms in total. The molecule has 0 radical (unpaired) electrons. The Hall–Kier alpha value is -2.69. The summed E-state index contributed by atoms with van der Waals surface area (Å²) >= 11 is 0. The number of aryl methyl sites for hydroxylation is 1. The van der Waals surface area contributed by atoms with Crippen LogP contribution in [0.25, 0.3) is 0 Å². The molecule has 0 aliphatic rings. The summed E-state index contributed by atoms with van der Waals surface area (Å²) in [4.78, 5) is 25.6. The van der Waals surface area contributed by atoms with Crippen molar-refractivity contribution in [3.05, 3.63) is 65.0 Å². The van der Waals surface area contributed by atoms with E-state index in [9.17, 15) is 14.0 Å². The van der Waals surface area contributed by atoms with Crippen LogP contribution in [0.3, 0.4) is 0 Å². The Morgan fingerprint density at radius 1 is 1.04 bits per heavy atom. The normalized spacial score (nSPS) is 10.5. The molecule has 2 aromatic carbocycles. The Balaban J connectivity index is 1.89. The minimum absolute atomic E-state index is 0.124. The minimum Gasteiger partial charge on any atom is -0.342 e. The second-order valence-corrected chi connectivity index (χ2v) is 6.39. The highest BCUT2D eigenvalue weighted by atomic mass is 19.1. The summed E-state index contributed by atoms with van der Waals surface area (Å²) in [5.74, 6) is -0.541. The highest BCUT2D eigenvalue weighted by molar-refractivity contribution is 5.92. The van der Waals surface area contributed by atoms with Crippen LogP contribution < -0.4 is 5.32 Å². The van der Waals surface area contributed by atoms with Gasteiger partial charge in [-0.25, -0.2) is 4.39 Å². The molecule has 0 fully saturated rings. The zero-order chi connectivity index (χ0) is 19.1. The smallest absolute Gasteiger partial charge is 0.226 e. The van der Waals surface area contributed by atoms with Crippen molar-refractivity contribution in [1.29, 1.82) is 0 Å². The third-order valence-electron chi connectivity index (χ3n) is 4.54. The summed E-state index contributed by atoms with van der Waals surface area (Å²) in [6.45, 7) is 6.10. The molecule has 0 saturated carbocycles. The molecule has 138 valence electrons. The zero-order valence-electron chi connectivity index (χ0n) is 15.5. The average Bonchev–Trinajstić information content (AvgIpc) is 2.60. The van der Waals surface area contributed by atoms with E-state index in [-0.39, 0.29) is 24.1 Å². The van der Waals surface area contributed by atoms with E-state index >= 15 is 0 Å². The molecular formula is C21H25FN2O2. The predicted molar refractivity (Wildman–Crippen MR) is 102 cm³/mol. The van der Waals surface area contributed by atoms with Gasteiger partial charge >= 0.3 is 0 Å². The first-order valence-electron chi connectivity index (χ1n) is 8.73. The highest BCUT2D eigenvalue weighted by Gasteiger charge is 2.13. The standard InChI is InChI=1S/C21H25FN2O2/c1-15-7-6-10-20(16(15)2)23-21(26)12-14-24(17(3)25)13-11-18-8-4-5-9-19(18)22/h4-10H,11-14H2,1-3H3,(H,23,26). The number of anilines is 1. The van der Waals surface area contributed by atoms with Crippen LogP contribution in [0.5, 0.6) is 0 Å². The van der Waals surface area contributed by atoms with Crippen molar-refractivity contribution in [3.63, 3.8) is 0 Å². The maximum absolute atomic E-state index is 13.7. The molecule has 2 rings (SSSR count). The van der Waals surface area contributed by atoms with Gasteiger partial charge in [0.25, 0.3) is 0 Å². The molecule has 0 aliphatic heterocycles. The monoisotopic (exact) mass is 356 g/mol. The van der Waals surface area contributed by atoms with Crippen molar-refractivity contribution in [2.24, 2.45) is 0 Å². The molecule has 0 heterocycles. The second-order valence-electron chi connectivity index (χ2n) is 6.39. The largest absolute Gasteiger partial charge is 0.342 e. The molecule has 0 saturated heterocycles. The van der Waals surface area contributed by atoms with Crippen molar-refractivity contribution >= 4 is 17.5 Å². The number of benzene rings is 2. The van der Waals surface area contributed by atoms with Crippen molar-refractivity contribution in [3.8, 4) is 0 Å². The maximum atomic E-state index is 13.7. The number of halogens is 1. The molecule has 0 aliphatic carbocycles. The molecule has 2 aromatic rings. The SMILES string of the molecule is CC(=O)N(CCC(=O)Nc1cccc(C)c1C)CCc1ccccc1F. The summed E-state index contributed by atoms with van der Waals surface area (Å²) in [5, 5.41) is 2.89. The molecule has 0 unspecified atom stereocenters. The lowest BCUT2D eigenvalue weighted by Gasteiger charge is -2.21. The molecule has 0 aromatic heterocycles. The first kappa shape index (κ1) is 19.6. The summed E-state index contributed by atoms with van der Waals surface area (Å²) in [7, 11) is 0. The van der Waals surface area contributed by atoms with Crippen LogP contribution in [-0.2, 0) is 16.0 Å². The van der Waals surface area contributed by atoms with Crippen LogP contribution in [-0.4, -0.2) is 29.8 Å². The van der Waals surface area contributed by atoms with Gasteiger partial charge in [-0.3, -0.25) is 9.59 Å². The molecule has 1 N–H and O–H groups in total. The van der Waals surface area contributed by atoms with Gasteiger partial charge in [0, 0.05) is 32.1 Å². The van der Waals surface area contributed by atoms with E-state index in [1.165, 1.54) is 13.0 Å². The molecular weight excluding hydrogens is 331 g/mol. The van der Waals surface area contributed by atoms with E-state index in [4.69, 9.17) is 0 Å². The number of rotatable bonds is 7. The lowest BCUT2D eigenvalue weighted by molar-refractivity contribution is -0.129. The van der Waals surface area contributed by atoms with E-state index in [0.29, 0.717) is 25.1 Å². The van der Waals surface area contributed by atoms with Crippen LogP contribution in [0.4, 0.5) is 10.1 Å². The fourth-order valence-corrected chi connectivity index (χ4v) is 2.72. The first-order chi connectivity index (χ1) is 12.4. The van der Waals surface area contributed by atoms with Gasteiger partial charge in [-0.05, 0) is 49.1 Å². The van der Waals surface area contributed by atoms with E-state index in [2.05, 4.69) is 5.32 Å². The zero-order valence-corrected chi connectivity index (χ0v) is 15.5. The van der Waals surface area contributed by atoms with Gasteiger partial charge in [-0.1, -0.05) is 30.3 Å². The summed E-state index contributed by atoms with van der Waals surface area (Å²) in [6, 6.07) is 12.3. The average molecular weight is 356 g/mol. The number of hydrogen-bond acceptors (Lipinski definition) is 2. The Bertz CT molecular complexity index is 789. The van der Waals surface area contributed by atoms with E-state index < -0.39 is 0 Å². The summed E-state index contributed by atoms with van der Waals surface area (Å²) in [6.07, 6.45) is 0.620. The lowest BCUT2D eigenvalue weighted by Crippen LogP contribution is -2.34. The van der Waals surface area contributed by atoms with Crippen LogP contribution in [0.1, 0.15) is 30.0 Å². The van der Waals surface area contributed by atoms with Crippen molar-refractivity contribution in [2.75, 3.05) is 18.4 Å². The van der Waals surface area contributed by atoms with E-state index in [1.54, 1.807) is 23.1 Å². The van der Waals surface area contributed by atoms with Crippen LogP contribution in [0.2, 0.25) is 0 Å². The number of nitrogens with one attached hydrogen (secondary N) is 1. The second kappa shape index (κ2) is 9.13. The minimum atomic E-state index is -0.274. The number of carbonyl (C=O) groups is 2. The van der Waals surface area contributed by atoms with E-state index in [0.717, 1.165) is 16.8 Å². The maximum Gasteiger partial charge on any atom is 0.226 e. The van der Waals surface area contributed by atoms with Gasteiger partial charge in [0.05, 0.1) is 0 Å². The fraction of sp³-hybridized carbons (Fsp3) is 0.333. The topological polar surface area (TPSA) is 49.4 Å². The van der Waals surface area contributed by atoms with Crippen molar-refractivity contribution in [1.82, 2.24) is 4.90 Å². The predicted octanol–water partition coefficient (Wildman–Crippen LogP) is 3.86. The molecule has 0 spiro atoms. The fourth-order valence-electron chi connectivity index (χ4n) is 2.72. The van der Waals surface area contributed by atoms with Gasteiger partial charge in [0.15, 0.2) is 0 Å². The number of nitrogens with zero attached hydrogens (tertiary/aromatic N) is 1. The number of carbonyl (C=O) groups excluding carboxylic acids is 2. The molecule has 26 heavy (non-hydrogen) atoms. The lowest BCUT2D eigenvalue weighted by atomic mass is 10.1. The Morgan fingerprint density at radius 3 is 2.46 bits per heavy atom. The quantitative estimate of drug-likeness (QED) is 0.819. The number of amides is 2. The van der Waals surface area contributed by atoms with Gasteiger partial charge in [-0.2, -0.15) is 0 Å². The van der Waals surface area contributed by atoms with Gasteiger partial charge in [0.1, 0.15) is 5.82 Å².